The Morgan fingerprint density at radius 1 is 0.857 bits per heavy atom. The third kappa shape index (κ3) is 5.03. The van der Waals surface area contributed by atoms with E-state index in [1.807, 2.05) is 6.20 Å². The first-order chi connectivity index (χ1) is 26.8. The van der Waals surface area contributed by atoms with E-state index in [0.29, 0.717) is 5.92 Å². The molecule has 6 heteroatoms. The molecule has 0 N–H and O–H groups in total. The van der Waals surface area contributed by atoms with E-state index in [-0.39, 0.29) is 28.3 Å². The first-order valence-corrected chi connectivity index (χ1v) is 20.8. The summed E-state index contributed by atoms with van der Waals surface area (Å²) in [6.45, 7) is 24.2. The summed E-state index contributed by atoms with van der Waals surface area (Å²) in [6, 6.07) is 34.2. The number of benzene rings is 4. The van der Waals surface area contributed by atoms with Crippen molar-refractivity contribution in [2.24, 2.45) is 5.41 Å². The topological polar surface area (TPSA) is 41.1 Å². The molecule has 0 spiro atoms. The van der Waals surface area contributed by atoms with Crippen molar-refractivity contribution in [2.45, 2.75) is 117 Å². The number of imidazole rings is 1. The lowest BCUT2D eigenvalue weighted by Crippen LogP contribution is -2.67. The van der Waals surface area contributed by atoms with Gasteiger partial charge in [0, 0.05) is 39.2 Å². The van der Waals surface area contributed by atoms with Crippen molar-refractivity contribution in [2.75, 3.05) is 9.80 Å². The highest BCUT2D eigenvalue weighted by molar-refractivity contribution is 5.87. The van der Waals surface area contributed by atoms with E-state index in [9.17, 15) is 0 Å². The molecule has 0 radical (unpaired) electrons. The quantitative estimate of drug-likeness (QED) is 0.159. The number of para-hydroxylation sites is 3. The second kappa shape index (κ2) is 12.9. The molecule has 2 aromatic heterocycles. The van der Waals surface area contributed by atoms with Crippen LogP contribution in [0.3, 0.4) is 0 Å². The summed E-state index contributed by atoms with van der Waals surface area (Å²) in [6.07, 6.45) is 8.62. The molecule has 3 unspecified atom stereocenters. The van der Waals surface area contributed by atoms with Gasteiger partial charge in [-0.2, -0.15) is 4.57 Å². The summed E-state index contributed by atoms with van der Waals surface area (Å²) >= 11 is 0. The molecule has 5 heterocycles. The molecule has 0 saturated heterocycles. The van der Waals surface area contributed by atoms with E-state index in [0.717, 1.165) is 42.4 Å². The molecule has 3 aliphatic rings. The van der Waals surface area contributed by atoms with Gasteiger partial charge in [0.1, 0.15) is 30.8 Å². The summed E-state index contributed by atoms with van der Waals surface area (Å²) in [5, 5.41) is 0. The van der Waals surface area contributed by atoms with Crippen molar-refractivity contribution in [3.8, 4) is 17.1 Å². The van der Waals surface area contributed by atoms with Crippen LogP contribution in [-0.2, 0) is 17.4 Å². The highest BCUT2D eigenvalue weighted by Crippen LogP contribution is 2.64. The van der Waals surface area contributed by atoms with Gasteiger partial charge in [0.15, 0.2) is 11.6 Å². The number of hydrogen-bond donors (Lipinski definition) is 0. The lowest BCUT2D eigenvalue weighted by atomic mass is 9.53. The minimum absolute atomic E-state index is 0.104. The minimum atomic E-state index is -0.347. The van der Waals surface area contributed by atoms with Crippen LogP contribution in [0, 0.1) is 12.3 Å². The number of hydrogen-bond acceptors (Lipinski definition) is 4. The Labute approximate surface area is 333 Å². The van der Waals surface area contributed by atoms with Gasteiger partial charge in [0.25, 0.3) is 5.82 Å². The maximum atomic E-state index is 5.53. The Hall–Kier alpha value is -5.23. The van der Waals surface area contributed by atoms with Crippen molar-refractivity contribution in [1.82, 2.24) is 14.5 Å². The van der Waals surface area contributed by atoms with E-state index >= 15 is 0 Å². The molecule has 286 valence electrons. The molecule has 3 aliphatic heterocycles. The van der Waals surface area contributed by atoms with Gasteiger partial charge in [0.05, 0.1) is 22.9 Å². The molecule has 0 aliphatic carbocycles. The molecule has 0 saturated carbocycles. The molecule has 0 fully saturated rings. The van der Waals surface area contributed by atoms with E-state index in [1.165, 1.54) is 50.6 Å². The Bertz CT molecular complexity index is 2470. The zero-order valence-electron chi connectivity index (χ0n) is 34.9. The van der Waals surface area contributed by atoms with Crippen LogP contribution in [0.25, 0.3) is 17.1 Å². The number of nitrogens with zero attached hydrogens (tertiary/aromatic N) is 6. The number of fused-ring (bicyclic) bond motifs is 11. The van der Waals surface area contributed by atoms with Crippen molar-refractivity contribution >= 4 is 23.0 Å². The van der Waals surface area contributed by atoms with Gasteiger partial charge >= 0.3 is 0 Å². The van der Waals surface area contributed by atoms with Gasteiger partial charge in [-0.25, -0.2) is 14.5 Å². The fourth-order valence-electron chi connectivity index (χ4n) is 10.8. The molecule has 6 aromatic rings. The summed E-state index contributed by atoms with van der Waals surface area (Å²) in [4.78, 5) is 15.9. The maximum Gasteiger partial charge on any atom is 0.294 e. The predicted octanol–water partition coefficient (Wildman–Crippen LogP) is 11.8. The summed E-state index contributed by atoms with van der Waals surface area (Å²) in [7, 11) is 0. The van der Waals surface area contributed by atoms with Crippen LogP contribution in [0.1, 0.15) is 121 Å². The summed E-state index contributed by atoms with van der Waals surface area (Å²) in [5.74, 6) is 3.75. The van der Waals surface area contributed by atoms with Crippen LogP contribution >= 0.6 is 0 Å². The van der Waals surface area contributed by atoms with Gasteiger partial charge in [-0.15, -0.1) is 0 Å². The number of aromatic nitrogens is 4. The van der Waals surface area contributed by atoms with Crippen LogP contribution < -0.4 is 14.4 Å². The van der Waals surface area contributed by atoms with Crippen molar-refractivity contribution in [3.05, 3.63) is 143 Å². The monoisotopic (exact) mass is 741 g/mol. The zero-order valence-corrected chi connectivity index (χ0v) is 34.9. The maximum absolute atomic E-state index is 5.53. The first kappa shape index (κ1) is 36.4. The van der Waals surface area contributed by atoms with Gasteiger partial charge in [-0.05, 0) is 66.6 Å². The van der Waals surface area contributed by atoms with E-state index in [2.05, 4.69) is 192 Å². The van der Waals surface area contributed by atoms with Crippen LogP contribution in [-0.4, -0.2) is 20.7 Å². The smallest absolute Gasteiger partial charge is 0.294 e. The van der Waals surface area contributed by atoms with Crippen LogP contribution in [0.2, 0.25) is 0 Å². The molecule has 3 atom stereocenters. The Balaban J connectivity index is 1.35. The standard InChI is InChI=1S/C50H57N6/c1-11-50(12-2)40-23-16-17-24-41(40)56-44-45(52-42(30-51-44)48(7,8)9)55(36-19-14-13-15-20-36)47(56)49(50,10)31-53-27-28-54-43-37(32(3)4)21-18-22-38(43)34(6)35-26-25-33(5)39(29-35)46(53)54/h13-30,32,34,47H,11-12,31H2,1-10H3/q+1. The van der Waals surface area contributed by atoms with Gasteiger partial charge in [-0.3, -0.25) is 0 Å². The Kier molecular flexibility index (Phi) is 8.39. The molecular weight excluding hydrogens is 685 g/mol. The van der Waals surface area contributed by atoms with Gasteiger partial charge < -0.3 is 9.80 Å². The molecule has 6 nitrogen and oxygen atoms in total. The molecule has 9 rings (SSSR count). The summed E-state index contributed by atoms with van der Waals surface area (Å²) < 4.78 is 5.13. The lowest BCUT2D eigenvalue weighted by molar-refractivity contribution is -0.700. The average molecular weight is 742 g/mol. The molecular formula is C50H57N6+. The van der Waals surface area contributed by atoms with Crippen LogP contribution in [0.4, 0.5) is 23.0 Å². The molecule has 56 heavy (non-hydrogen) atoms. The number of aryl methyl sites for hydroxylation is 1. The highest BCUT2D eigenvalue weighted by atomic mass is 15.5. The largest absolute Gasteiger partial charge is 0.301 e. The van der Waals surface area contributed by atoms with Gasteiger partial charge in [0.2, 0.25) is 0 Å². The zero-order chi connectivity index (χ0) is 39.3. The molecule has 0 amide bonds. The molecule has 2 bridgehead atoms. The number of anilines is 4. The average Bonchev–Trinajstić information content (AvgIpc) is 3.76. The second-order valence-corrected chi connectivity index (χ2v) is 18.2. The number of rotatable bonds is 6. The third-order valence-electron chi connectivity index (χ3n) is 13.9. The predicted molar refractivity (Wildman–Crippen MR) is 230 cm³/mol. The van der Waals surface area contributed by atoms with Gasteiger partial charge in [-0.1, -0.05) is 129 Å². The fourth-order valence-corrected chi connectivity index (χ4v) is 10.8. The summed E-state index contributed by atoms with van der Waals surface area (Å²) in [5.41, 5.74) is 12.1. The third-order valence-corrected chi connectivity index (χ3v) is 13.9. The lowest BCUT2D eigenvalue weighted by Gasteiger charge is -2.59. The Morgan fingerprint density at radius 3 is 2.30 bits per heavy atom. The second-order valence-electron chi connectivity index (χ2n) is 18.2. The van der Waals surface area contributed by atoms with Crippen molar-refractivity contribution in [3.63, 3.8) is 0 Å². The fraction of sp³-hybridized carbons (Fsp3) is 0.380. The Morgan fingerprint density at radius 2 is 1.59 bits per heavy atom. The molecule has 4 aromatic carbocycles. The van der Waals surface area contributed by atoms with E-state index in [1.54, 1.807) is 0 Å². The SMILES string of the molecule is CCC1(CC)c2ccccc2N2c3ncc(C(C)(C)C)nc3N(c3ccccc3)C2C1(C)C[n+]1ccn2c1-c1cc(ccc1C)C(C)c1cccc(C(C)C)c1-2. The van der Waals surface area contributed by atoms with Crippen molar-refractivity contribution in [1.29, 1.82) is 0 Å². The van der Waals surface area contributed by atoms with Crippen LogP contribution in [0.5, 0.6) is 0 Å². The first-order valence-electron chi connectivity index (χ1n) is 20.8. The van der Waals surface area contributed by atoms with Crippen LogP contribution in [0.15, 0.2) is 110 Å². The highest BCUT2D eigenvalue weighted by Gasteiger charge is 2.64. The van der Waals surface area contributed by atoms with E-state index < -0.39 is 0 Å². The normalized spacial score (nSPS) is 20.5. The van der Waals surface area contributed by atoms with Crippen molar-refractivity contribution < 1.29 is 4.57 Å². The van der Waals surface area contributed by atoms with E-state index in [4.69, 9.17) is 9.97 Å². The minimum Gasteiger partial charge on any atom is -0.301 e.